The van der Waals surface area contributed by atoms with Crippen molar-refractivity contribution in [2.24, 2.45) is 0 Å². The molecule has 3 rings (SSSR count). The molecule has 1 unspecified atom stereocenters. The Kier molecular flexibility index (Phi) is 2.95. The molecule has 1 atom stereocenters. The van der Waals surface area contributed by atoms with Crippen LogP contribution in [0.2, 0.25) is 0 Å². The van der Waals surface area contributed by atoms with Crippen LogP contribution in [0.1, 0.15) is 28.0 Å². The molecule has 1 aromatic carbocycles. The molecule has 1 aliphatic carbocycles. The first-order valence-corrected chi connectivity index (χ1v) is 6.37. The molecule has 1 heterocycles. The molecule has 0 saturated heterocycles. The normalized spacial score (nSPS) is 18.3. The number of aromatic carboxylic acids is 1. The molecule has 0 amide bonds. The minimum absolute atomic E-state index is 0.0913. The van der Waals surface area contributed by atoms with E-state index in [1.54, 1.807) is 7.11 Å². The van der Waals surface area contributed by atoms with Crippen molar-refractivity contribution in [3.8, 4) is 0 Å². The zero-order valence-corrected chi connectivity index (χ0v) is 10.7. The minimum Gasteiger partial charge on any atom is -0.478 e. The Morgan fingerprint density at radius 1 is 1.42 bits per heavy atom. The Labute approximate surface area is 111 Å². The molecular weight excluding hydrogens is 242 g/mol. The van der Waals surface area contributed by atoms with Crippen molar-refractivity contribution in [3.63, 3.8) is 0 Å². The average Bonchev–Trinajstić information content (AvgIpc) is 2.43. The highest BCUT2D eigenvalue weighted by atomic mass is 16.5. The molecule has 0 aliphatic heterocycles. The van der Waals surface area contributed by atoms with Gasteiger partial charge in [-0.25, -0.2) is 4.79 Å². The number of benzene rings is 1. The van der Waals surface area contributed by atoms with E-state index in [0.717, 1.165) is 29.6 Å². The van der Waals surface area contributed by atoms with Crippen LogP contribution in [0.3, 0.4) is 0 Å². The molecule has 0 radical (unpaired) electrons. The lowest BCUT2D eigenvalue weighted by atomic mass is 9.88. The van der Waals surface area contributed by atoms with Gasteiger partial charge in [0.05, 0.1) is 17.2 Å². The summed E-state index contributed by atoms with van der Waals surface area (Å²) in [6.45, 7) is 0. The minimum atomic E-state index is -0.883. The van der Waals surface area contributed by atoms with Gasteiger partial charge in [0.25, 0.3) is 0 Å². The largest absolute Gasteiger partial charge is 0.478 e. The van der Waals surface area contributed by atoms with Gasteiger partial charge in [-0.15, -0.1) is 0 Å². The van der Waals surface area contributed by atoms with Crippen molar-refractivity contribution < 1.29 is 14.6 Å². The Morgan fingerprint density at radius 3 is 2.95 bits per heavy atom. The van der Waals surface area contributed by atoms with Gasteiger partial charge >= 0.3 is 5.97 Å². The van der Waals surface area contributed by atoms with Crippen LogP contribution < -0.4 is 0 Å². The molecule has 19 heavy (non-hydrogen) atoms. The molecular formula is C15H15NO3. The van der Waals surface area contributed by atoms with Crippen LogP contribution in [-0.4, -0.2) is 29.3 Å². The molecule has 4 heteroatoms. The Hall–Kier alpha value is -1.94. The summed E-state index contributed by atoms with van der Waals surface area (Å²) in [5, 5.41) is 10.2. The smallest absolute Gasteiger partial charge is 0.336 e. The van der Waals surface area contributed by atoms with E-state index in [2.05, 4.69) is 4.98 Å². The van der Waals surface area contributed by atoms with Crippen LogP contribution in [-0.2, 0) is 17.6 Å². The monoisotopic (exact) mass is 257 g/mol. The number of aromatic nitrogens is 1. The number of carbonyl (C=O) groups is 1. The molecule has 2 aromatic rings. The number of carboxylic acids is 1. The molecule has 98 valence electrons. The van der Waals surface area contributed by atoms with Crippen LogP contribution in [0.5, 0.6) is 0 Å². The maximum Gasteiger partial charge on any atom is 0.336 e. The first-order chi connectivity index (χ1) is 9.20. The number of hydrogen-bond acceptors (Lipinski definition) is 3. The van der Waals surface area contributed by atoms with E-state index in [1.165, 1.54) is 0 Å². The molecule has 0 bridgehead atoms. The number of aryl methyl sites for hydroxylation is 1. The number of methoxy groups -OCH3 is 1. The van der Waals surface area contributed by atoms with Crippen LogP contribution in [0, 0.1) is 0 Å². The molecule has 1 N–H and O–H groups in total. The zero-order chi connectivity index (χ0) is 13.4. The molecule has 1 aliphatic rings. The summed E-state index contributed by atoms with van der Waals surface area (Å²) >= 11 is 0. The number of hydrogen-bond donors (Lipinski definition) is 1. The Balaban J connectivity index is 2.28. The van der Waals surface area contributed by atoms with Crippen molar-refractivity contribution in [1.82, 2.24) is 4.98 Å². The van der Waals surface area contributed by atoms with Crippen molar-refractivity contribution >= 4 is 16.9 Å². The first-order valence-electron chi connectivity index (χ1n) is 6.37. The third kappa shape index (κ3) is 1.98. The van der Waals surface area contributed by atoms with Gasteiger partial charge < -0.3 is 9.84 Å². The number of para-hydroxylation sites is 1. The van der Waals surface area contributed by atoms with Gasteiger partial charge in [0.2, 0.25) is 0 Å². The fraction of sp³-hybridized carbons (Fsp3) is 0.333. The van der Waals surface area contributed by atoms with Crippen LogP contribution in [0.15, 0.2) is 24.3 Å². The summed E-state index contributed by atoms with van der Waals surface area (Å²) < 4.78 is 5.37. The number of pyridine rings is 1. The van der Waals surface area contributed by atoms with Gasteiger partial charge in [0.1, 0.15) is 0 Å². The standard InChI is InChI=1S/C15H15NO3/c1-19-9-6-7-13-11(8-9)14(15(17)18)10-4-2-3-5-12(10)16-13/h2-5,9H,6-8H2,1H3,(H,17,18). The summed E-state index contributed by atoms with van der Waals surface area (Å²) in [5.74, 6) is -0.883. The lowest BCUT2D eigenvalue weighted by molar-refractivity contribution is 0.0690. The van der Waals surface area contributed by atoms with Crippen molar-refractivity contribution in [2.75, 3.05) is 7.11 Å². The van der Waals surface area contributed by atoms with Crippen molar-refractivity contribution in [3.05, 3.63) is 41.1 Å². The highest BCUT2D eigenvalue weighted by Gasteiger charge is 2.26. The van der Waals surface area contributed by atoms with E-state index in [0.29, 0.717) is 17.4 Å². The predicted molar refractivity (Wildman–Crippen MR) is 71.5 cm³/mol. The molecule has 1 aromatic heterocycles. The summed E-state index contributed by atoms with van der Waals surface area (Å²) in [6, 6.07) is 7.42. The Bertz CT molecular complexity index is 651. The van der Waals surface area contributed by atoms with Gasteiger partial charge in [-0.2, -0.15) is 0 Å². The molecule has 0 fully saturated rings. The number of ether oxygens (including phenoxy) is 1. The number of carboxylic acid groups (broad SMARTS) is 1. The van der Waals surface area contributed by atoms with E-state index in [9.17, 15) is 9.90 Å². The van der Waals surface area contributed by atoms with E-state index in [4.69, 9.17) is 4.74 Å². The SMILES string of the molecule is COC1CCc2nc3ccccc3c(C(=O)O)c2C1. The van der Waals surface area contributed by atoms with Crippen LogP contribution in [0.25, 0.3) is 10.9 Å². The second-order valence-electron chi connectivity index (χ2n) is 4.83. The third-order valence-corrected chi connectivity index (χ3v) is 3.76. The fourth-order valence-corrected chi connectivity index (χ4v) is 2.80. The number of fused-ring (bicyclic) bond motifs is 2. The molecule has 0 saturated carbocycles. The van der Waals surface area contributed by atoms with Gasteiger partial charge in [0, 0.05) is 24.6 Å². The van der Waals surface area contributed by atoms with Crippen LogP contribution >= 0.6 is 0 Å². The molecule has 0 spiro atoms. The van der Waals surface area contributed by atoms with Gasteiger partial charge in [0.15, 0.2) is 0 Å². The Morgan fingerprint density at radius 2 is 2.21 bits per heavy atom. The van der Waals surface area contributed by atoms with E-state index >= 15 is 0 Å². The lowest BCUT2D eigenvalue weighted by Crippen LogP contribution is -2.24. The van der Waals surface area contributed by atoms with Crippen molar-refractivity contribution in [2.45, 2.75) is 25.4 Å². The van der Waals surface area contributed by atoms with E-state index < -0.39 is 5.97 Å². The van der Waals surface area contributed by atoms with E-state index in [1.807, 2.05) is 24.3 Å². The maximum atomic E-state index is 11.6. The van der Waals surface area contributed by atoms with Crippen LogP contribution in [0.4, 0.5) is 0 Å². The third-order valence-electron chi connectivity index (χ3n) is 3.76. The summed E-state index contributed by atoms with van der Waals surface area (Å²) in [5.41, 5.74) is 2.89. The highest BCUT2D eigenvalue weighted by Crippen LogP contribution is 2.30. The topological polar surface area (TPSA) is 59.4 Å². The summed E-state index contributed by atoms with van der Waals surface area (Å²) in [4.78, 5) is 16.2. The van der Waals surface area contributed by atoms with Gasteiger partial charge in [-0.1, -0.05) is 18.2 Å². The second-order valence-corrected chi connectivity index (χ2v) is 4.83. The lowest BCUT2D eigenvalue weighted by Gasteiger charge is -2.24. The number of rotatable bonds is 2. The number of nitrogens with zero attached hydrogens (tertiary/aromatic N) is 1. The zero-order valence-electron chi connectivity index (χ0n) is 10.7. The van der Waals surface area contributed by atoms with E-state index in [-0.39, 0.29) is 6.10 Å². The molecule has 4 nitrogen and oxygen atoms in total. The average molecular weight is 257 g/mol. The first kappa shape index (κ1) is 12.1. The van der Waals surface area contributed by atoms with Crippen molar-refractivity contribution in [1.29, 1.82) is 0 Å². The highest BCUT2D eigenvalue weighted by molar-refractivity contribution is 6.04. The summed E-state index contributed by atoms with van der Waals surface area (Å²) in [6.07, 6.45) is 2.39. The summed E-state index contributed by atoms with van der Waals surface area (Å²) in [7, 11) is 1.67. The maximum absolute atomic E-state index is 11.6. The van der Waals surface area contributed by atoms with Gasteiger partial charge in [-0.05, 0) is 24.5 Å². The van der Waals surface area contributed by atoms with Gasteiger partial charge in [-0.3, -0.25) is 4.98 Å². The predicted octanol–water partition coefficient (Wildman–Crippen LogP) is 2.44. The fourth-order valence-electron chi connectivity index (χ4n) is 2.80. The second kappa shape index (κ2) is 4.63. The quantitative estimate of drug-likeness (QED) is 0.897.